The molecule has 3 heteroatoms. The lowest BCUT2D eigenvalue weighted by atomic mass is 10.0. The fourth-order valence-corrected chi connectivity index (χ4v) is 1.55. The van der Waals surface area contributed by atoms with Gasteiger partial charge in [0.2, 0.25) is 0 Å². The van der Waals surface area contributed by atoms with E-state index in [0.29, 0.717) is 6.04 Å². The third kappa shape index (κ3) is 3.71. The minimum atomic E-state index is -0.336. The highest BCUT2D eigenvalue weighted by Crippen LogP contribution is 2.22. The van der Waals surface area contributed by atoms with Crippen LogP contribution in [0.5, 0.6) is 0 Å². The smallest absolute Gasteiger partial charge is 0.330 e. The first-order valence-corrected chi connectivity index (χ1v) is 5.57. The number of ether oxygens (including phenoxy) is 1. The van der Waals surface area contributed by atoms with E-state index in [1.165, 1.54) is 18.7 Å². The molecule has 1 aromatic rings. The number of benzene rings is 1. The van der Waals surface area contributed by atoms with Crippen LogP contribution in [-0.4, -0.2) is 32.1 Å². The van der Waals surface area contributed by atoms with E-state index in [1.807, 2.05) is 32.3 Å². The van der Waals surface area contributed by atoms with Gasteiger partial charge in [-0.05, 0) is 38.2 Å². The second kappa shape index (κ2) is 6.21. The van der Waals surface area contributed by atoms with Gasteiger partial charge < -0.3 is 9.64 Å². The summed E-state index contributed by atoms with van der Waals surface area (Å²) in [6.45, 7) is 2.13. The molecule has 0 radical (unpaired) electrons. The number of methoxy groups -OCH3 is 1. The maximum atomic E-state index is 11.1. The van der Waals surface area contributed by atoms with Crippen LogP contribution in [0.1, 0.15) is 24.1 Å². The third-order valence-corrected chi connectivity index (χ3v) is 2.82. The molecule has 1 aromatic carbocycles. The molecule has 0 saturated heterocycles. The summed E-state index contributed by atoms with van der Waals surface area (Å²) in [5.74, 6) is -0.336. The molecule has 1 rings (SSSR count). The predicted octanol–water partition coefficient (Wildman–Crippen LogP) is 2.50. The molecular formula is C14H19NO2. The van der Waals surface area contributed by atoms with E-state index in [4.69, 9.17) is 0 Å². The summed E-state index contributed by atoms with van der Waals surface area (Å²) in [5, 5.41) is 0. The molecule has 0 aromatic heterocycles. The van der Waals surface area contributed by atoms with Crippen molar-refractivity contribution < 1.29 is 9.53 Å². The highest BCUT2D eigenvalue weighted by atomic mass is 16.5. The molecule has 3 nitrogen and oxygen atoms in total. The van der Waals surface area contributed by atoms with Gasteiger partial charge in [-0.3, -0.25) is 0 Å². The lowest BCUT2D eigenvalue weighted by molar-refractivity contribution is -0.134. The first kappa shape index (κ1) is 13.5. The number of carbonyl (C=O) groups excluding carboxylic acids is 1. The predicted molar refractivity (Wildman–Crippen MR) is 69.6 cm³/mol. The third-order valence-electron chi connectivity index (χ3n) is 2.82. The van der Waals surface area contributed by atoms with Crippen molar-refractivity contribution in [2.45, 2.75) is 13.0 Å². The van der Waals surface area contributed by atoms with Gasteiger partial charge >= 0.3 is 5.97 Å². The van der Waals surface area contributed by atoms with Crippen LogP contribution in [0.25, 0.3) is 6.08 Å². The van der Waals surface area contributed by atoms with Gasteiger partial charge in [0.05, 0.1) is 7.11 Å². The van der Waals surface area contributed by atoms with Crippen LogP contribution in [-0.2, 0) is 9.53 Å². The Morgan fingerprint density at radius 1 is 1.35 bits per heavy atom. The Morgan fingerprint density at radius 2 is 2.00 bits per heavy atom. The molecule has 0 saturated carbocycles. The van der Waals surface area contributed by atoms with Crippen molar-refractivity contribution in [1.29, 1.82) is 0 Å². The fraction of sp³-hybridized carbons (Fsp3) is 0.357. The number of esters is 1. The average molecular weight is 233 g/mol. The van der Waals surface area contributed by atoms with Gasteiger partial charge in [-0.15, -0.1) is 0 Å². The molecule has 0 aliphatic carbocycles. The maximum Gasteiger partial charge on any atom is 0.330 e. The highest BCUT2D eigenvalue weighted by molar-refractivity contribution is 5.87. The monoisotopic (exact) mass is 233 g/mol. The zero-order chi connectivity index (χ0) is 12.8. The van der Waals surface area contributed by atoms with Gasteiger partial charge in [-0.25, -0.2) is 4.79 Å². The lowest BCUT2D eigenvalue weighted by Crippen LogP contribution is -2.17. The Morgan fingerprint density at radius 3 is 2.59 bits per heavy atom. The molecular weight excluding hydrogens is 214 g/mol. The van der Waals surface area contributed by atoms with Crippen molar-refractivity contribution in [2.75, 3.05) is 21.2 Å². The Balaban J connectivity index is 3.00. The fourth-order valence-electron chi connectivity index (χ4n) is 1.55. The van der Waals surface area contributed by atoms with Crippen LogP contribution in [0.3, 0.4) is 0 Å². The van der Waals surface area contributed by atoms with E-state index in [0.717, 1.165) is 5.56 Å². The van der Waals surface area contributed by atoms with Crippen LogP contribution < -0.4 is 0 Å². The molecule has 0 unspecified atom stereocenters. The van der Waals surface area contributed by atoms with Gasteiger partial charge in [0.1, 0.15) is 0 Å². The first-order chi connectivity index (χ1) is 8.06. The Kier molecular flexibility index (Phi) is 4.91. The molecule has 0 spiro atoms. The molecule has 0 amide bonds. The van der Waals surface area contributed by atoms with Gasteiger partial charge in [0.15, 0.2) is 0 Å². The van der Waals surface area contributed by atoms with Crippen LogP contribution in [0.4, 0.5) is 0 Å². The molecule has 0 aliphatic heterocycles. The van der Waals surface area contributed by atoms with Crippen LogP contribution in [0.15, 0.2) is 30.3 Å². The highest BCUT2D eigenvalue weighted by Gasteiger charge is 2.10. The van der Waals surface area contributed by atoms with Crippen LogP contribution in [0.2, 0.25) is 0 Å². The van der Waals surface area contributed by atoms with E-state index in [-0.39, 0.29) is 5.97 Å². The second-order valence-corrected chi connectivity index (χ2v) is 4.12. The normalized spacial score (nSPS) is 13.0. The maximum absolute atomic E-state index is 11.1. The zero-order valence-corrected chi connectivity index (χ0v) is 10.8. The molecule has 1 atom stereocenters. The van der Waals surface area contributed by atoms with Crippen molar-refractivity contribution in [3.05, 3.63) is 41.5 Å². The van der Waals surface area contributed by atoms with Gasteiger partial charge in [-0.1, -0.05) is 24.3 Å². The lowest BCUT2D eigenvalue weighted by Gasteiger charge is -2.21. The summed E-state index contributed by atoms with van der Waals surface area (Å²) < 4.78 is 4.58. The van der Waals surface area contributed by atoms with Crippen molar-refractivity contribution in [2.24, 2.45) is 0 Å². The summed E-state index contributed by atoms with van der Waals surface area (Å²) in [5.41, 5.74) is 2.23. The summed E-state index contributed by atoms with van der Waals surface area (Å²) in [6, 6.07) is 8.33. The summed E-state index contributed by atoms with van der Waals surface area (Å²) in [7, 11) is 5.44. The number of hydrogen-bond acceptors (Lipinski definition) is 3. The Labute approximate surface area is 103 Å². The van der Waals surface area contributed by atoms with Gasteiger partial charge in [0.25, 0.3) is 0 Å². The van der Waals surface area contributed by atoms with Crippen molar-refractivity contribution in [3.8, 4) is 0 Å². The van der Waals surface area contributed by atoms with E-state index >= 15 is 0 Å². The Bertz CT molecular complexity index is 410. The van der Waals surface area contributed by atoms with Crippen molar-refractivity contribution in [3.63, 3.8) is 0 Å². The van der Waals surface area contributed by atoms with Crippen LogP contribution >= 0.6 is 0 Å². The number of rotatable bonds is 4. The van der Waals surface area contributed by atoms with E-state index in [9.17, 15) is 4.79 Å². The summed E-state index contributed by atoms with van der Waals surface area (Å²) >= 11 is 0. The van der Waals surface area contributed by atoms with Crippen molar-refractivity contribution >= 4 is 12.0 Å². The molecule has 0 heterocycles. The minimum absolute atomic E-state index is 0.300. The SMILES string of the molecule is COC(=O)/C=C/c1ccccc1[C@H](C)N(C)C. The molecule has 17 heavy (non-hydrogen) atoms. The first-order valence-electron chi connectivity index (χ1n) is 5.57. The average Bonchev–Trinajstić information content (AvgIpc) is 2.35. The van der Waals surface area contributed by atoms with E-state index in [1.54, 1.807) is 6.08 Å². The van der Waals surface area contributed by atoms with E-state index in [2.05, 4.69) is 22.6 Å². The van der Waals surface area contributed by atoms with Gasteiger partial charge in [0, 0.05) is 12.1 Å². The minimum Gasteiger partial charge on any atom is -0.466 e. The zero-order valence-electron chi connectivity index (χ0n) is 10.8. The molecule has 0 N–H and O–H groups in total. The van der Waals surface area contributed by atoms with E-state index < -0.39 is 0 Å². The molecule has 0 fully saturated rings. The quantitative estimate of drug-likeness (QED) is 0.591. The molecule has 92 valence electrons. The number of hydrogen-bond donors (Lipinski definition) is 0. The molecule has 0 aliphatic rings. The largest absolute Gasteiger partial charge is 0.466 e. The molecule has 0 bridgehead atoms. The summed E-state index contributed by atoms with van der Waals surface area (Å²) in [6.07, 6.45) is 3.24. The topological polar surface area (TPSA) is 29.5 Å². The Hall–Kier alpha value is -1.61. The van der Waals surface area contributed by atoms with Gasteiger partial charge in [-0.2, -0.15) is 0 Å². The summed E-state index contributed by atoms with van der Waals surface area (Å²) in [4.78, 5) is 13.2. The van der Waals surface area contributed by atoms with Crippen molar-refractivity contribution in [1.82, 2.24) is 4.90 Å². The second-order valence-electron chi connectivity index (χ2n) is 4.12. The number of nitrogens with zero attached hydrogens (tertiary/aromatic N) is 1. The number of carbonyl (C=O) groups is 1. The van der Waals surface area contributed by atoms with Crippen LogP contribution in [0, 0.1) is 0 Å². The standard InChI is InChI=1S/C14H19NO2/c1-11(15(2)3)13-8-6-5-7-12(13)9-10-14(16)17-4/h5-11H,1-4H3/b10-9+/t11-/m0/s1.